The lowest BCUT2D eigenvalue weighted by Crippen LogP contribution is -2.50. The van der Waals surface area contributed by atoms with Crippen LogP contribution in [0.15, 0.2) is 35.9 Å². The third kappa shape index (κ3) is 2.38. The number of benzene rings is 1. The zero-order chi connectivity index (χ0) is 13.0. The van der Waals surface area contributed by atoms with Crippen molar-refractivity contribution in [1.29, 1.82) is 0 Å². The molecule has 0 aromatic heterocycles. The molecule has 2 rings (SSSR count). The molecule has 1 heterocycles. The second-order valence-electron chi connectivity index (χ2n) is 5.08. The summed E-state index contributed by atoms with van der Waals surface area (Å²) in [7, 11) is -1.71. The van der Waals surface area contributed by atoms with E-state index < -0.39 is 8.07 Å². The van der Waals surface area contributed by atoms with Crippen molar-refractivity contribution in [1.82, 2.24) is 0 Å². The molecule has 0 N–H and O–H groups in total. The van der Waals surface area contributed by atoms with Crippen LogP contribution in [0.1, 0.15) is 19.8 Å². The first-order valence-corrected chi connectivity index (χ1v) is 9.17. The van der Waals surface area contributed by atoms with Gasteiger partial charge in [-0.3, -0.25) is 4.79 Å². The topological polar surface area (TPSA) is 34.1 Å². The van der Waals surface area contributed by atoms with E-state index in [4.69, 9.17) is 0 Å². The summed E-state index contributed by atoms with van der Waals surface area (Å²) in [6, 6.07) is 13.3. The maximum atomic E-state index is 11.7. The SMILES string of the molecule is CCC[Si]1(c2ccccc2)CCC(=O)C(=C=O)C1. The third-order valence-electron chi connectivity index (χ3n) is 3.92. The van der Waals surface area contributed by atoms with Crippen LogP contribution in [0, 0.1) is 0 Å². The molecule has 18 heavy (non-hydrogen) atoms. The molecule has 1 aromatic carbocycles. The van der Waals surface area contributed by atoms with Crippen molar-refractivity contribution in [3.05, 3.63) is 35.9 Å². The average Bonchev–Trinajstić information content (AvgIpc) is 2.42. The van der Waals surface area contributed by atoms with Gasteiger partial charge in [0.2, 0.25) is 0 Å². The highest BCUT2D eigenvalue weighted by atomic mass is 28.3. The Morgan fingerprint density at radius 2 is 2.00 bits per heavy atom. The maximum absolute atomic E-state index is 11.7. The van der Waals surface area contributed by atoms with E-state index in [-0.39, 0.29) is 5.78 Å². The molecule has 94 valence electrons. The van der Waals surface area contributed by atoms with Crippen LogP contribution in [0.5, 0.6) is 0 Å². The van der Waals surface area contributed by atoms with E-state index in [1.165, 1.54) is 5.19 Å². The maximum Gasteiger partial charge on any atom is 0.169 e. The van der Waals surface area contributed by atoms with Crippen molar-refractivity contribution in [2.75, 3.05) is 0 Å². The first kappa shape index (κ1) is 13.0. The summed E-state index contributed by atoms with van der Waals surface area (Å²) in [6.07, 6.45) is 1.65. The lowest BCUT2D eigenvalue weighted by molar-refractivity contribution is -0.115. The molecular formula is C15H18O2Si. The van der Waals surface area contributed by atoms with Gasteiger partial charge in [0.25, 0.3) is 0 Å². The van der Waals surface area contributed by atoms with E-state index in [2.05, 4.69) is 31.2 Å². The van der Waals surface area contributed by atoms with Crippen molar-refractivity contribution in [3.63, 3.8) is 0 Å². The van der Waals surface area contributed by atoms with Gasteiger partial charge < -0.3 is 0 Å². The third-order valence-corrected chi connectivity index (χ3v) is 9.17. The summed E-state index contributed by atoms with van der Waals surface area (Å²) >= 11 is 0. The fourth-order valence-corrected chi connectivity index (χ4v) is 7.89. The predicted octanol–water partition coefficient (Wildman–Crippen LogP) is 2.48. The number of hydrogen-bond acceptors (Lipinski definition) is 2. The van der Waals surface area contributed by atoms with E-state index in [9.17, 15) is 9.59 Å². The fraction of sp³-hybridized carbons (Fsp3) is 0.400. The molecule has 2 nitrogen and oxygen atoms in total. The first-order chi connectivity index (χ1) is 8.72. The van der Waals surface area contributed by atoms with Crippen LogP contribution in [0.2, 0.25) is 18.1 Å². The Morgan fingerprint density at radius 1 is 1.28 bits per heavy atom. The number of rotatable bonds is 3. The lowest BCUT2D eigenvalue weighted by atomic mass is 10.2. The molecule has 1 aliphatic rings. The minimum atomic E-state index is -1.71. The highest BCUT2D eigenvalue weighted by molar-refractivity contribution is 6.93. The molecule has 0 saturated carbocycles. The van der Waals surface area contributed by atoms with Crippen molar-refractivity contribution >= 4 is 25.0 Å². The molecule has 0 amide bonds. The van der Waals surface area contributed by atoms with Gasteiger partial charge in [0.1, 0.15) is 5.94 Å². The van der Waals surface area contributed by atoms with Gasteiger partial charge in [-0.25, -0.2) is 4.79 Å². The predicted molar refractivity (Wildman–Crippen MR) is 75.4 cm³/mol. The summed E-state index contributed by atoms with van der Waals surface area (Å²) < 4.78 is 0. The highest BCUT2D eigenvalue weighted by Crippen LogP contribution is 2.33. The fourth-order valence-electron chi connectivity index (χ4n) is 3.00. The van der Waals surface area contributed by atoms with Gasteiger partial charge in [0.15, 0.2) is 5.78 Å². The number of carbonyl (C=O) groups excluding carboxylic acids is 2. The molecule has 3 heteroatoms. The van der Waals surface area contributed by atoms with E-state index >= 15 is 0 Å². The van der Waals surface area contributed by atoms with Crippen molar-refractivity contribution in [2.45, 2.75) is 37.9 Å². The van der Waals surface area contributed by atoms with Crippen LogP contribution < -0.4 is 5.19 Å². The van der Waals surface area contributed by atoms with Gasteiger partial charge in [-0.1, -0.05) is 54.9 Å². The van der Waals surface area contributed by atoms with Crippen LogP contribution in [0.4, 0.5) is 0 Å². The average molecular weight is 258 g/mol. The summed E-state index contributed by atoms with van der Waals surface area (Å²) in [6.45, 7) is 2.18. The number of hydrogen-bond donors (Lipinski definition) is 0. The first-order valence-electron chi connectivity index (χ1n) is 6.54. The molecular weight excluding hydrogens is 240 g/mol. The van der Waals surface area contributed by atoms with Gasteiger partial charge in [0, 0.05) is 6.42 Å². The van der Waals surface area contributed by atoms with E-state index in [0.29, 0.717) is 18.0 Å². The molecule has 1 aromatic rings. The van der Waals surface area contributed by atoms with E-state index in [0.717, 1.165) is 18.5 Å². The largest absolute Gasteiger partial charge is 0.294 e. The van der Waals surface area contributed by atoms with Crippen LogP contribution >= 0.6 is 0 Å². The van der Waals surface area contributed by atoms with Gasteiger partial charge >= 0.3 is 0 Å². The van der Waals surface area contributed by atoms with Gasteiger partial charge in [-0.2, -0.15) is 0 Å². The Balaban J connectivity index is 2.40. The molecule has 0 radical (unpaired) electrons. The molecule has 1 aliphatic heterocycles. The van der Waals surface area contributed by atoms with Crippen LogP contribution in [-0.2, 0) is 9.59 Å². The molecule has 0 aliphatic carbocycles. The lowest BCUT2D eigenvalue weighted by Gasteiger charge is -2.35. The minimum absolute atomic E-state index is 0.0140. The molecule has 0 spiro atoms. The summed E-state index contributed by atoms with van der Waals surface area (Å²) in [4.78, 5) is 22.6. The quantitative estimate of drug-likeness (QED) is 0.474. The van der Waals surface area contributed by atoms with Crippen LogP contribution in [0.25, 0.3) is 0 Å². The van der Waals surface area contributed by atoms with Gasteiger partial charge in [-0.05, 0) is 12.1 Å². The number of carbonyl (C=O) groups is 1. The standard InChI is InChI=1S/C15H18O2Si/c1-2-9-18(14-6-4-3-5-7-14)10-8-15(17)13(11-16)12-18/h3-7H,2,8-10,12H2,1H3. The Morgan fingerprint density at radius 3 is 2.61 bits per heavy atom. The zero-order valence-corrected chi connectivity index (χ0v) is 11.7. The number of allylic oxidation sites excluding steroid dienone is 1. The monoisotopic (exact) mass is 258 g/mol. The summed E-state index contributed by atoms with van der Waals surface area (Å²) in [5.74, 6) is 1.90. The van der Waals surface area contributed by atoms with Crippen LogP contribution in [-0.4, -0.2) is 19.8 Å². The van der Waals surface area contributed by atoms with E-state index in [1.54, 1.807) is 0 Å². The number of ketones is 1. The van der Waals surface area contributed by atoms with Gasteiger partial charge in [-0.15, -0.1) is 0 Å². The Hall–Kier alpha value is -1.44. The Kier molecular flexibility index (Phi) is 3.95. The van der Waals surface area contributed by atoms with Crippen molar-refractivity contribution < 1.29 is 9.59 Å². The zero-order valence-electron chi connectivity index (χ0n) is 10.7. The summed E-state index contributed by atoms with van der Waals surface area (Å²) in [5, 5.41) is 1.38. The Bertz CT molecular complexity index is 488. The van der Waals surface area contributed by atoms with Crippen molar-refractivity contribution in [2.24, 2.45) is 0 Å². The second-order valence-corrected chi connectivity index (χ2v) is 9.57. The van der Waals surface area contributed by atoms with Crippen molar-refractivity contribution in [3.8, 4) is 0 Å². The van der Waals surface area contributed by atoms with Gasteiger partial charge in [0.05, 0.1) is 13.6 Å². The molecule has 0 bridgehead atoms. The molecule has 1 fully saturated rings. The smallest absolute Gasteiger partial charge is 0.169 e. The normalized spacial score (nSPS) is 23.8. The summed E-state index contributed by atoms with van der Waals surface area (Å²) in [5.41, 5.74) is 0.408. The minimum Gasteiger partial charge on any atom is -0.294 e. The highest BCUT2D eigenvalue weighted by Gasteiger charge is 2.40. The van der Waals surface area contributed by atoms with Crippen LogP contribution in [0.3, 0.4) is 0 Å². The number of Topliss-reactive ketones (excluding diaryl/α,β-unsaturated/α-hetero) is 1. The second kappa shape index (κ2) is 5.47. The molecule has 1 atom stereocenters. The Labute approximate surface area is 109 Å². The van der Waals surface area contributed by atoms with E-state index in [1.807, 2.05) is 12.0 Å². The molecule has 1 unspecified atom stereocenters. The molecule has 1 saturated heterocycles.